The van der Waals surface area contributed by atoms with Gasteiger partial charge in [0.15, 0.2) is 0 Å². The van der Waals surface area contributed by atoms with Crippen LogP contribution < -0.4 is 5.32 Å². The van der Waals surface area contributed by atoms with Gasteiger partial charge in [0.1, 0.15) is 0 Å². The number of carbonyl (C=O) groups is 2. The van der Waals surface area contributed by atoms with Crippen molar-refractivity contribution < 1.29 is 9.59 Å². The van der Waals surface area contributed by atoms with Gasteiger partial charge in [-0.25, -0.2) is 0 Å². The van der Waals surface area contributed by atoms with Crippen LogP contribution in [0, 0.1) is 0 Å². The van der Waals surface area contributed by atoms with Crippen LogP contribution in [0.3, 0.4) is 0 Å². The summed E-state index contributed by atoms with van der Waals surface area (Å²) in [4.78, 5) is 25.6. The maximum atomic E-state index is 12.3. The highest BCUT2D eigenvalue weighted by Gasteiger charge is 2.39. The summed E-state index contributed by atoms with van der Waals surface area (Å²) in [7, 11) is 0. The van der Waals surface area contributed by atoms with Crippen molar-refractivity contribution in [2.75, 3.05) is 13.1 Å². The quantitative estimate of drug-likeness (QED) is 0.809. The van der Waals surface area contributed by atoms with Gasteiger partial charge in [0.05, 0.1) is 5.92 Å². The molecule has 0 bridgehead atoms. The normalized spacial score (nSPS) is 23.2. The van der Waals surface area contributed by atoms with Gasteiger partial charge in [0, 0.05) is 25.6 Å². The molecule has 1 aliphatic heterocycles. The number of nitrogens with one attached hydrogen (secondary N) is 1. The summed E-state index contributed by atoms with van der Waals surface area (Å²) in [6.45, 7) is 1.21. The van der Waals surface area contributed by atoms with Gasteiger partial charge in [0.2, 0.25) is 11.8 Å². The van der Waals surface area contributed by atoms with Crippen molar-refractivity contribution in [3.63, 3.8) is 0 Å². The number of benzene rings is 1. The molecule has 0 spiro atoms. The van der Waals surface area contributed by atoms with Crippen LogP contribution in [0.2, 0.25) is 0 Å². The van der Waals surface area contributed by atoms with Gasteiger partial charge in [-0.15, -0.1) is 0 Å². The molecule has 1 unspecified atom stereocenters. The van der Waals surface area contributed by atoms with Crippen LogP contribution in [-0.4, -0.2) is 35.8 Å². The van der Waals surface area contributed by atoms with Crippen LogP contribution in [0.25, 0.3) is 0 Å². The van der Waals surface area contributed by atoms with Crippen molar-refractivity contribution in [2.45, 2.75) is 31.2 Å². The maximum absolute atomic E-state index is 12.3. The van der Waals surface area contributed by atoms with Crippen molar-refractivity contribution in [1.29, 1.82) is 0 Å². The van der Waals surface area contributed by atoms with Gasteiger partial charge in [-0.2, -0.15) is 0 Å². The van der Waals surface area contributed by atoms with Gasteiger partial charge in [-0.3, -0.25) is 14.5 Å². The first-order chi connectivity index (χ1) is 9.25. The minimum atomic E-state index is -0.283. The Morgan fingerprint density at radius 2 is 1.89 bits per heavy atom. The van der Waals surface area contributed by atoms with E-state index in [4.69, 9.17) is 0 Å². The predicted molar refractivity (Wildman–Crippen MR) is 71.5 cm³/mol. The molecular weight excluding hydrogens is 240 g/mol. The van der Waals surface area contributed by atoms with Gasteiger partial charge in [0.25, 0.3) is 0 Å². The summed E-state index contributed by atoms with van der Waals surface area (Å²) < 4.78 is 0. The molecule has 2 amide bonds. The molecule has 0 aromatic heterocycles. The average Bonchev–Trinajstić information content (AvgIpc) is 3.20. The van der Waals surface area contributed by atoms with E-state index in [2.05, 4.69) is 5.32 Å². The molecule has 1 N–H and O–H groups in total. The van der Waals surface area contributed by atoms with Crippen LogP contribution in [0.4, 0.5) is 0 Å². The summed E-state index contributed by atoms with van der Waals surface area (Å²) >= 11 is 0. The van der Waals surface area contributed by atoms with Gasteiger partial charge in [-0.1, -0.05) is 30.3 Å². The Balaban J connectivity index is 1.63. The maximum Gasteiger partial charge on any atom is 0.237 e. The van der Waals surface area contributed by atoms with Crippen LogP contribution in [-0.2, 0) is 9.59 Å². The molecule has 100 valence electrons. The molecule has 1 aromatic carbocycles. The fourth-order valence-electron chi connectivity index (χ4n) is 2.53. The number of nitrogens with zero attached hydrogens (tertiary/aromatic N) is 1. The summed E-state index contributed by atoms with van der Waals surface area (Å²) in [5, 5.41) is 3.33. The number of rotatable bonds is 5. The molecule has 19 heavy (non-hydrogen) atoms. The van der Waals surface area contributed by atoms with E-state index < -0.39 is 0 Å². The Morgan fingerprint density at radius 1 is 1.16 bits per heavy atom. The highest BCUT2D eigenvalue weighted by Crippen LogP contribution is 2.29. The monoisotopic (exact) mass is 258 g/mol. The van der Waals surface area contributed by atoms with E-state index in [1.165, 1.54) is 17.7 Å². The van der Waals surface area contributed by atoms with Gasteiger partial charge in [-0.05, 0) is 18.4 Å². The van der Waals surface area contributed by atoms with Crippen molar-refractivity contribution in [2.24, 2.45) is 0 Å². The van der Waals surface area contributed by atoms with Gasteiger partial charge >= 0.3 is 0 Å². The zero-order valence-corrected chi connectivity index (χ0v) is 10.8. The zero-order valence-electron chi connectivity index (χ0n) is 10.8. The van der Waals surface area contributed by atoms with E-state index in [0.717, 1.165) is 5.56 Å². The summed E-state index contributed by atoms with van der Waals surface area (Å²) in [6, 6.07) is 10.2. The zero-order chi connectivity index (χ0) is 13.2. The first-order valence-corrected chi connectivity index (χ1v) is 6.88. The second-order valence-electron chi connectivity index (χ2n) is 5.28. The van der Waals surface area contributed by atoms with Crippen molar-refractivity contribution in [3.8, 4) is 0 Å². The Morgan fingerprint density at radius 3 is 2.58 bits per heavy atom. The Bertz CT molecular complexity index is 482. The van der Waals surface area contributed by atoms with E-state index in [1.807, 2.05) is 30.3 Å². The molecule has 2 fully saturated rings. The number of likely N-dealkylation sites (tertiary alicyclic amines) is 1. The minimum absolute atomic E-state index is 0.0450. The van der Waals surface area contributed by atoms with Crippen molar-refractivity contribution >= 4 is 11.8 Å². The number of hydrogen-bond donors (Lipinski definition) is 1. The third-order valence-electron chi connectivity index (χ3n) is 3.79. The minimum Gasteiger partial charge on any atom is -0.312 e. The highest BCUT2D eigenvalue weighted by atomic mass is 16.2. The number of hydrogen-bond acceptors (Lipinski definition) is 3. The lowest BCUT2D eigenvalue weighted by molar-refractivity contribution is -0.138. The van der Waals surface area contributed by atoms with Crippen molar-refractivity contribution in [3.05, 3.63) is 35.9 Å². The summed E-state index contributed by atoms with van der Waals surface area (Å²) in [5.41, 5.74) is 0.943. The molecule has 2 aliphatic rings. The second kappa shape index (κ2) is 5.13. The predicted octanol–water partition coefficient (Wildman–Crippen LogP) is 1.28. The second-order valence-corrected chi connectivity index (χ2v) is 5.28. The Hall–Kier alpha value is -1.68. The molecule has 4 nitrogen and oxygen atoms in total. The lowest BCUT2D eigenvalue weighted by Crippen LogP contribution is -2.37. The van der Waals surface area contributed by atoms with E-state index >= 15 is 0 Å². The van der Waals surface area contributed by atoms with Crippen LogP contribution in [0.15, 0.2) is 30.3 Å². The molecule has 3 rings (SSSR count). The molecule has 1 saturated carbocycles. The number of amides is 2. The third kappa shape index (κ3) is 2.68. The SMILES string of the molecule is O=C1CC(c2ccccc2)C(=O)N1CCNC1CC1. The van der Waals surface area contributed by atoms with Crippen LogP contribution in [0.1, 0.15) is 30.7 Å². The summed E-state index contributed by atoms with van der Waals surface area (Å²) in [6.07, 6.45) is 2.75. The average molecular weight is 258 g/mol. The fourth-order valence-corrected chi connectivity index (χ4v) is 2.53. The van der Waals surface area contributed by atoms with E-state index in [-0.39, 0.29) is 17.7 Å². The first kappa shape index (κ1) is 12.4. The van der Waals surface area contributed by atoms with Crippen molar-refractivity contribution in [1.82, 2.24) is 10.2 Å². The summed E-state index contributed by atoms with van der Waals surface area (Å²) in [5.74, 6) is -0.375. The Labute approximate surface area is 112 Å². The molecule has 1 aromatic rings. The largest absolute Gasteiger partial charge is 0.312 e. The number of carbonyl (C=O) groups excluding carboxylic acids is 2. The molecule has 1 atom stereocenters. The van der Waals surface area contributed by atoms with Crippen LogP contribution >= 0.6 is 0 Å². The van der Waals surface area contributed by atoms with E-state index in [0.29, 0.717) is 25.6 Å². The van der Waals surface area contributed by atoms with E-state index in [1.54, 1.807) is 0 Å². The Kier molecular flexibility index (Phi) is 3.34. The first-order valence-electron chi connectivity index (χ1n) is 6.88. The molecule has 1 saturated heterocycles. The van der Waals surface area contributed by atoms with Crippen LogP contribution in [0.5, 0.6) is 0 Å². The molecule has 4 heteroatoms. The number of imide groups is 1. The molecule has 0 radical (unpaired) electrons. The smallest absolute Gasteiger partial charge is 0.237 e. The lowest BCUT2D eigenvalue weighted by Gasteiger charge is -2.15. The fraction of sp³-hybridized carbons (Fsp3) is 0.467. The lowest BCUT2D eigenvalue weighted by atomic mass is 9.98. The van der Waals surface area contributed by atoms with E-state index in [9.17, 15) is 9.59 Å². The molecule has 1 aliphatic carbocycles. The van der Waals surface area contributed by atoms with Gasteiger partial charge < -0.3 is 5.32 Å². The standard InChI is InChI=1S/C15H18N2O2/c18-14-10-13(11-4-2-1-3-5-11)15(19)17(14)9-8-16-12-6-7-12/h1-5,12-13,16H,6-10H2. The molecular formula is C15H18N2O2. The third-order valence-corrected chi connectivity index (χ3v) is 3.79. The highest BCUT2D eigenvalue weighted by molar-refractivity contribution is 6.06. The topological polar surface area (TPSA) is 49.4 Å². The molecule has 1 heterocycles.